The third-order valence-corrected chi connectivity index (χ3v) is 4.66. The molecule has 0 spiro atoms. The highest BCUT2D eigenvalue weighted by molar-refractivity contribution is 14.1. The summed E-state index contributed by atoms with van der Waals surface area (Å²) in [6.45, 7) is 0. The van der Waals surface area contributed by atoms with Gasteiger partial charge in [0.05, 0.1) is 5.02 Å². The van der Waals surface area contributed by atoms with E-state index in [1.54, 1.807) is 0 Å². The second-order valence-corrected chi connectivity index (χ2v) is 6.19. The van der Waals surface area contributed by atoms with Crippen LogP contribution in [-0.4, -0.2) is 30.8 Å². The van der Waals surface area contributed by atoms with Crippen LogP contribution in [0.5, 0.6) is 0 Å². The zero-order chi connectivity index (χ0) is 14.3. The Morgan fingerprint density at radius 1 is 1.30 bits per heavy atom. The van der Waals surface area contributed by atoms with Gasteiger partial charge >= 0.3 is 0 Å². The van der Waals surface area contributed by atoms with Gasteiger partial charge < -0.3 is 5.73 Å². The van der Waals surface area contributed by atoms with Crippen molar-refractivity contribution < 1.29 is 0 Å². The molecule has 102 valence electrons. The monoisotopic (exact) mass is 418 g/mol. The molecule has 0 amide bonds. The van der Waals surface area contributed by atoms with Gasteiger partial charge in [0.1, 0.15) is 0 Å². The van der Waals surface area contributed by atoms with Crippen molar-refractivity contribution in [3.8, 4) is 11.4 Å². The Balaban J connectivity index is 2.17. The molecule has 2 heterocycles. The molecule has 0 saturated carbocycles. The van der Waals surface area contributed by atoms with Crippen molar-refractivity contribution in [2.24, 2.45) is 0 Å². The summed E-state index contributed by atoms with van der Waals surface area (Å²) in [5, 5.41) is 5.59. The average Bonchev–Trinajstić information content (AvgIpc) is 2.86. The normalized spacial score (nSPS) is 11.2. The third kappa shape index (κ3) is 2.42. The van der Waals surface area contributed by atoms with E-state index in [0.29, 0.717) is 21.8 Å². The minimum Gasteiger partial charge on any atom is -0.368 e. The quantitative estimate of drug-likeness (QED) is 0.509. The number of anilines is 1. The lowest BCUT2D eigenvalue weighted by Gasteiger charge is -1.98. The van der Waals surface area contributed by atoms with Crippen LogP contribution in [-0.2, 0) is 0 Å². The molecule has 9 heteroatoms. The number of rotatable bonds is 2. The summed E-state index contributed by atoms with van der Waals surface area (Å²) in [6, 6.07) is 5.59. The molecule has 20 heavy (non-hydrogen) atoms. The Labute approximate surface area is 137 Å². The number of hydrogen-bond acceptors (Lipinski definition) is 6. The molecule has 1 aromatic carbocycles. The lowest BCUT2D eigenvalue weighted by atomic mass is 10.2. The van der Waals surface area contributed by atoms with Gasteiger partial charge in [-0.3, -0.25) is 0 Å². The molecule has 0 bridgehead atoms. The van der Waals surface area contributed by atoms with Gasteiger partial charge in [-0.05, 0) is 47.0 Å². The molecule has 6 nitrogen and oxygen atoms in total. The fourth-order valence-electron chi connectivity index (χ4n) is 1.63. The van der Waals surface area contributed by atoms with Gasteiger partial charge in [0.15, 0.2) is 11.0 Å². The lowest BCUT2D eigenvalue weighted by molar-refractivity contribution is 0.851. The van der Waals surface area contributed by atoms with Gasteiger partial charge in [-0.2, -0.15) is 19.5 Å². The first-order chi connectivity index (χ1) is 9.58. The van der Waals surface area contributed by atoms with Crippen LogP contribution >= 0.6 is 46.0 Å². The summed E-state index contributed by atoms with van der Waals surface area (Å²) in [5.41, 5.74) is 6.71. The van der Waals surface area contributed by atoms with Gasteiger partial charge in [0.2, 0.25) is 5.95 Å². The van der Waals surface area contributed by atoms with E-state index in [-0.39, 0.29) is 5.95 Å². The van der Waals surface area contributed by atoms with E-state index >= 15 is 0 Å². The molecular formula is C11H8ClIN6S. The molecular weight excluding hydrogens is 411 g/mol. The number of thioether (sulfide) groups is 1. The van der Waals surface area contributed by atoms with E-state index in [2.05, 4.69) is 42.6 Å². The molecule has 2 aromatic heterocycles. The molecule has 0 radical (unpaired) electrons. The summed E-state index contributed by atoms with van der Waals surface area (Å²) in [5.74, 6) is 1.24. The van der Waals surface area contributed by atoms with Crippen LogP contribution in [0, 0.1) is 3.57 Å². The first-order valence-corrected chi connectivity index (χ1v) is 8.16. The third-order valence-electron chi connectivity index (χ3n) is 2.57. The first kappa shape index (κ1) is 13.8. The summed E-state index contributed by atoms with van der Waals surface area (Å²) in [7, 11) is 0. The maximum atomic E-state index is 6.01. The van der Waals surface area contributed by atoms with Crippen molar-refractivity contribution in [3.05, 3.63) is 26.8 Å². The van der Waals surface area contributed by atoms with Gasteiger partial charge in [-0.25, -0.2) is 0 Å². The second-order valence-electron chi connectivity index (χ2n) is 3.84. The Bertz CT molecular complexity index is 805. The smallest absolute Gasteiger partial charge is 0.258 e. The summed E-state index contributed by atoms with van der Waals surface area (Å²) in [4.78, 5) is 12.8. The molecule has 0 saturated heterocycles. The number of nitrogens with zero attached hydrogens (tertiary/aromatic N) is 5. The van der Waals surface area contributed by atoms with Gasteiger partial charge in [-0.1, -0.05) is 23.4 Å². The van der Waals surface area contributed by atoms with Gasteiger partial charge in [-0.15, -0.1) is 5.10 Å². The van der Waals surface area contributed by atoms with E-state index in [1.807, 2.05) is 24.5 Å². The summed E-state index contributed by atoms with van der Waals surface area (Å²) in [6.07, 6.45) is 1.88. The molecule has 0 aliphatic heterocycles. The van der Waals surface area contributed by atoms with Crippen LogP contribution in [0.1, 0.15) is 0 Å². The van der Waals surface area contributed by atoms with Crippen molar-refractivity contribution in [2.45, 2.75) is 5.16 Å². The zero-order valence-corrected chi connectivity index (χ0v) is 13.9. The maximum absolute atomic E-state index is 6.01. The van der Waals surface area contributed by atoms with E-state index in [1.165, 1.54) is 16.3 Å². The van der Waals surface area contributed by atoms with Crippen molar-refractivity contribution in [2.75, 3.05) is 12.0 Å². The number of fused-ring (bicyclic) bond motifs is 1. The number of aromatic nitrogens is 5. The SMILES string of the molecule is CSc1nc(N)n2nc(-c3ccc(Cl)c(I)c3)nc2n1. The van der Waals surface area contributed by atoms with E-state index in [0.717, 1.165) is 9.13 Å². The Kier molecular flexibility index (Phi) is 3.69. The van der Waals surface area contributed by atoms with Crippen LogP contribution in [0.15, 0.2) is 23.4 Å². The Morgan fingerprint density at radius 3 is 2.80 bits per heavy atom. The number of nitrogens with two attached hydrogens (primary N) is 1. The molecule has 2 N–H and O–H groups in total. The highest BCUT2D eigenvalue weighted by atomic mass is 127. The number of benzene rings is 1. The van der Waals surface area contributed by atoms with Crippen molar-refractivity contribution in [1.29, 1.82) is 0 Å². The molecule has 3 rings (SSSR count). The molecule has 0 fully saturated rings. The van der Waals surface area contributed by atoms with Crippen LogP contribution in [0.4, 0.5) is 5.95 Å². The van der Waals surface area contributed by atoms with E-state index in [4.69, 9.17) is 17.3 Å². The van der Waals surface area contributed by atoms with Crippen LogP contribution < -0.4 is 5.73 Å². The second kappa shape index (κ2) is 5.34. The predicted octanol–water partition coefficient (Wildman–Crippen LogP) is 2.75. The largest absolute Gasteiger partial charge is 0.368 e. The predicted molar refractivity (Wildman–Crippen MR) is 87.9 cm³/mol. The van der Waals surface area contributed by atoms with Crippen molar-refractivity contribution in [3.63, 3.8) is 0 Å². The van der Waals surface area contributed by atoms with E-state index in [9.17, 15) is 0 Å². The maximum Gasteiger partial charge on any atom is 0.258 e. The average molecular weight is 419 g/mol. The molecule has 0 unspecified atom stereocenters. The Hall–Kier alpha value is -1.13. The molecule has 3 aromatic rings. The van der Waals surface area contributed by atoms with Crippen LogP contribution in [0.25, 0.3) is 17.2 Å². The lowest BCUT2D eigenvalue weighted by Crippen LogP contribution is -2.04. The standard InChI is InChI=1S/C11H8ClIN6S/c1-20-11-16-9(14)19-10(17-11)15-8(18-19)5-2-3-6(12)7(13)4-5/h2-4H,1H3,(H2,14,15,16,17,18). The summed E-state index contributed by atoms with van der Waals surface area (Å²) < 4.78 is 2.36. The highest BCUT2D eigenvalue weighted by Gasteiger charge is 2.12. The minimum absolute atomic E-state index is 0.266. The number of hydrogen-bond donors (Lipinski definition) is 1. The van der Waals surface area contributed by atoms with Crippen molar-refractivity contribution in [1.82, 2.24) is 24.6 Å². The van der Waals surface area contributed by atoms with Crippen molar-refractivity contribution >= 4 is 57.7 Å². The van der Waals surface area contributed by atoms with Gasteiger partial charge in [0, 0.05) is 9.13 Å². The molecule has 0 aliphatic rings. The summed E-state index contributed by atoms with van der Waals surface area (Å²) >= 11 is 9.58. The highest BCUT2D eigenvalue weighted by Crippen LogP contribution is 2.25. The zero-order valence-electron chi connectivity index (χ0n) is 10.2. The van der Waals surface area contributed by atoms with Gasteiger partial charge in [0.25, 0.3) is 5.78 Å². The minimum atomic E-state index is 0.266. The van der Waals surface area contributed by atoms with E-state index < -0.39 is 0 Å². The van der Waals surface area contributed by atoms with Crippen LogP contribution in [0.3, 0.4) is 0 Å². The number of halogens is 2. The fraction of sp³-hybridized carbons (Fsp3) is 0.0909. The Morgan fingerprint density at radius 2 is 2.10 bits per heavy atom. The molecule has 0 atom stereocenters. The number of nitrogen functional groups attached to an aromatic ring is 1. The first-order valence-electron chi connectivity index (χ1n) is 5.48. The fourth-order valence-corrected chi connectivity index (χ4v) is 2.63. The van der Waals surface area contributed by atoms with Crippen LogP contribution in [0.2, 0.25) is 5.02 Å². The molecule has 0 aliphatic carbocycles. The topological polar surface area (TPSA) is 82.0 Å².